The molecule has 0 unspecified atom stereocenters. The summed E-state index contributed by atoms with van der Waals surface area (Å²) in [6.45, 7) is 6.91. The Hall–Kier alpha value is -0.910. The molecule has 1 aliphatic rings. The zero-order valence-electron chi connectivity index (χ0n) is 10.9. The second kappa shape index (κ2) is 5.38. The minimum Gasteiger partial charge on any atom is -0.314 e. The van der Waals surface area contributed by atoms with Crippen LogP contribution in [0.3, 0.4) is 0 Å². The Morgan fingerprint density at radius 3 is 2.50 bits per heavy atom. The van der Waals surface area contributed by atoms with Gasteiger partial charge in [-0.25, -0.2) is 8.42 Å². The SMILES string of the molecule is Cc1cc(CN2CCNCC2)ccc1S(C)(=O)=O. The fraction of sp³-hybridized carbons (Fsp3) is 0.538. The second-order valence-corrected chi connectivity index (χ2v) is 6.88. The summed E-state index contributed by atoms with van der Waals surface area (Å²) in [6, 6.07) is 5.63. The van der Waals surface area contributed by atoms with E-state index < -0.39 is 9.84 Å². The van der Waals surface area contributed by atoms with E-state index in [2.05, 4.69) is 10.2 Å². The van der Waals surface area contributed by atoms with Crippen LogP contribution in [-0.4, -0.2) is 45.8 Å². The van der Waals surface area contributed by atoms with Crippen molar-refractivity contribution in [1.82, 2.24) is 10.2 Å². The van der Waals surface area contributed by atoms with Gasteiger partial charge in [0.15, 0.2) is 9.84 Å². The van der Waals surface area contributed by atoms with Crippen molar-refractivity contribution in [3.63, 3.8) is 0 Å². The zero-order valence-corrected chi connectivity index (χ0v) is 11.8. The highest BCUT2D eigenvalue weighted by Crippen LogP contribution is 2.17. The number of piperazine rings is 1. The molecule has 1 fully saturated rings. The number of nitrogens with zero attached hydrogens (tertiary/aromatic N) is 1. The Kier molecular flexibility index (Phi) is 4.04. The lowest BCUT2D eigenvalue weighted by molar-refractivity contribution is 0.233. The Balaban J connectivity index is 2.13. The lowest BCUT2D eigenvalue weighted by Crippen LogP contribution is -2.42. The number of hydrogen-bond acceptors (Lipinski definition) is 4. The molecule has 0 bridgehead atoms. The molecule has 1 heterocycles. The van der Waals surface area contributed by atoms with Crippen LogP contribution in [0.1, 0.15) is 11.1 Å². The number of rotatable bonds is 3. The van der Waals surface area contributed by atoms with Gasteiger partial charge in [0.1, 0.15) is 0 Å². The maximum Gasteiger partial charge on any atom is 0.175 e. The highest BCUT2D eigenvalue weighted by Gasteiger charge is 2.13. The Bertz CT molecular complexity index is 520. The van der Waals surface area contributed by atoms with Crippen LogP contribution >= 0.6 is 0 Å². The number of nitrogens with one attached hydrogen (secondary N) is 1. The summed E-state index contributed by atoms with van der Waals surface area (Å²) in [5, 5.41) is 3.32. The molecule has 1 aromatic rings. The van der Waals surface area contributed by atoms with Gasteiger partial charge in [-0.05, 0) is 24.1 Å². The molecule has 2 rings (SSSR count). The summed E-state index contributed by atoms with van der Waals surface area (Å²) in [7, 11) is -3.11. The van der Waals surface area contributed by atoms with Crippen molar-refractivity contribution in [3.8, 4) is 0 Å². The molecule has 1 aromatic carbocycles. The highest BCUT2D eigenvalue weighted by atomic mass is 32.2. The van der Waals surface area contributed by atoms with Crippen LogP contribution in [0, 0.1) is 6.92 Å². The quantitative estimate of drug-likeness (QED) is 0.881. The van der Waals surface area contributed by atoms with Crippen molar-refractivity contribution >= 4 is 9.84 Å². The molecule has 0 atom stereocenters. The van der Waals surface area contributed by atoms with Gasteiger partial charge in [-0.2, -0.15) is 0 Å². The smallest absolute Gasteiger partial charge is 0.175 e. The molecule has 0 spiro atoms. The fourth-order valence-corrected chi connectivity index (χ4v) is 3.31. The lowest BCUT2D eigenvalue weighted by atomic mass is 10.1. The second-order valence-electron chi connectivity index (χ2n) is 4.90. The molecule has 0 aromatic heterocycles. The zero-order chi connectivity index (χ0) is 13.2. The standard InChI is InChI=1S/C13H20N2O2S/c1-11-9-12(3-4-13(11)18(2,16)17)10-15-7-5-14-6-8-15/h3-4,9,14H,5-8,10H2,1-2H3. The molecule has 1 saturated heterocycles. The molecule has 4 nitrogen and oxygen atoms in total. The normalized spacial score (nSPS) is 17.9. The van der Waals surface area contributed by atoms with Gasteiger partial charge in [0.25, 0.3) is 0 Å². The van der Waals surface area contributed by atoms with E-state index in [0.717, 1.165) is 38.3 Å². The first-order valence-corrected chi connectivity index (χ1v) is 8.08. The molecule has 5 heteroatoms. The third kappa shape index (κ3) is 3.31. The largest absolute Gasteiger partial charge is 0.314 e. The number of aryl methyl sites for hydroxylation is 1. The lowest BCUT2D eigenvalue weighted by Gasteiger charge is -2.27. The van der Waals surface area contributed by atoms with Gasteiger partial charge in [-0.15, -0.1) is 0 Å². The van der Waals surface area contributed by atoms with E-state index in [1.165, 1.54) is 11.8 Å². The van der Waals surface area contributed by atoms with Crippen molar-refractivity contribution in [1.29, 1.82) is 0 Å². The van der Waals surface area contributed by atoms with Crippen molar-refractivity contribution in [3.05, 3.63) is 29.3 Å². The van der Waals surface area contributed by atoms with Crippen molar-refractivity contribution < 1.29 is 8.42 Å². The predicted molar refractivity (Wildman–Crippen MR) is 72.4 cm³/mol. The molecule has 1 aliphatic heterocycles. The first-order chi connectivity index (χ1) is 8.47. The van der Waals surface area contributed by atoms with Crippen molar-refractivity contribution in [2.24, 2.45) is 0 Å². The number of benzene rings is 1. The van der Waals surface area contributed by atoms with Gasteiger partial charge in [-0.3, -0.25) is 4.90 Å². The van der Waals surface area contributed by atoms with Crippen molar-refractivity contribution in [2.75, 3.05) is 32.4 Å². The first kappa shape index (κ1) is 13.5. The summed E-state index contributed by atoms with van der Waals surface area (Å²) in [6.07, 6.45) is 1.26. The molecule has 0 radical (unpaired) electrons. The van der Waals surface area contributed by atoms with E-state index in [1.807, 2.05) is 19.1 Å². The van der Waals surface area contributed by atoms with E-state index >= 15 is 0 Å². The molecule has 1 N–H and O–H groups in total. The molecule has 0 amide bonds. The van der Waals surface area contributed by atoms with E-state index in [-0.39, 0.29) is 0 Å². The third-order valence-corrected chi connectivity index (χ3v) is 4.51. The predicted octanol–water partition coefficient (Wildman–Crippen LogP) is 0.804. The maximum absolute atomic E-state index is 11.5. The third-order valence-electron chi connectivity index (χ3n) is 3.25. The molecule has 18 heavy (non-hydrogen) atoms. The summed E-state index contributed by atoms with van der Waals surface area (Å²) in [5.74, 6) is 0. The number of sulfone groups is 1. The summed E-state index contributed by atoms with van der Waals surface area (Å²) >= 11 is 0. The van der Waals surface area contributed by atoms with Crippen LogP contribution in [0.15, 0.2) is 23.1 Å². The van der Waals surface area contributed by atoms with Crippen molar-refractivity contribution in [2.45, 2.75) is 18.4 Å². The summed E-state index contributed by atoms with van der Waals surface area (Å²) in [4.78, 5) is 2.82. The van der Waals surface area contributed by atoms with E-state index in [0.29, 0.717) is 4.90 Å². The van der Waals surface area contributed by atoms with Crippen LogP contribution in [0.25, 0.3) is 0 Å². The molecule has 100 valence electrons. The summed E-state index contributed by atoms with van der Waals surface area (Å²) in [5.41, 5.74) is 2.02. The Labute approximate surface area is 109 Å². The van der Waals surface area contributed by atoms with Gasteiger partial charge < -0.3 is 5.32 Å². The number of hydrogen-bond donors (Lipinski definition) is 1. The average molecular weight is 268 g/mol. The van der Waals surface area contributed by atoms with Crippen LogP contribution < -0.4 is 5.32 Å². The van der Waals surface area contributed by atoms with Gasteiger partial charge in [0.05, 0.1) is 4.90 Å². The summed E-state index contributed by atoms with van der Waals surface area (Å²) < 4.78 is 23.1. The molecule has 0 saturated carbocycles. The Morgan fingerprint density at radius 1 is 1.28 bits per heavy atom. The first-order valence-electron chi connectivity index (χ1n) is 6.19. The van der Waals surface area contributed by atoms with Gasteiger partial charge in [0, 0.05) is 39.0 Å². The average Bonchev–Trinajstić information content (AvgIpc) is 2.28. The van der Waals surface area contributed by atoms with Gasteiger partial charge in [-0.1, -0.05) is 12.1 Å². The Morgan fingerprint density at radius 2 is 1.94 bits per heavy atom. The molecular formula is C13H20N2O2S. The van der Waals surface area contributed by atoms with Gasteiger partial charge in [0.2, 0.25) is 0 Å². The van der Waals surface area contributed by atoms with Crippen LogP contribution in [0.2, 0.25) is 0 Å². The van der Waals surface area contributed by atoms with E-state index in [4.69, 9.17) is 0 Å². The monoisotopic (exact) mass is 268 g/mol. The maximum atomic E-state index is 11.5. The van der Waals surface area contributed by atoms with Crippen LogP contribution in [-0.2, 0) is 16.4 Å². The highest BCUT2D eigenvalue weighted by molar-refractivity contribution is 7.90. The minimum atomic E-state index is -3.11. The van der Waals surface area contributed by atoms with E-state index in [9.17, 15) is 8.42 Å². The van der Waals surface area contributed by atoms with Crippen LogP contribution in [0.4, 0.5) is 0 Å². The minimum absolute atomic E-state index is 0.437. The fourth-order valence-electron chi connectivity index (χ4n) is 2.35. The molecular weight excluding hydrogens is 248 g/mol. The van der Waals surface area contributed by atoms with Gasteiger partial charge >= 0.3 is 0 Å². The topological polar surface area (TPSA) is 49.4 Å². The van der Waals surface area contributed by atoms with Crippen LogP contribution in [0.5, 0.6) is 0 Å². The van der Waals surface area contributed by atoms with E-state index in [1.54, 1.807) is 6.07 Å². The molecule has 0 aliphatic carbocycles.